The van der Waals surface area contributed by atoms with Crippen LogP contribution in [-0.4, -0.2) is 19.2 Å². The van der Waals surface area contributed by atoms with Crippen LogP contribution in [0.15, 0.2) is 16.6 Å². The molecule has 0 aliphatic carbocycles. The number of halogens is 3. The molecule has 15 heavy (non-hydrogen) atoms. The summed E-state index contributed by atoms with van der Waals surface area (Å²) < 4.78 is 6.53. The largest absolute Gasteiger partial charge is 0.487 e. The lowest BCUT2D eigenvalue weighted by Crippen LogP contribution is -2.19. The molecule has 0 spiro atoms. The zero-order valence-corrected chi connectivity index (χ0v) is 11.0. The fraction of sp³-hybridized carbons (Fsp3) is 0.400. The van der Waals surface area contributed by atoms with E-state index in [0.717, 1.165) is 24.0 Å². The molecule has 1 aliphatic heterocycles. The smallest absolute Gasteiger partial charge is 0.139 e. The summed E-state index contributed by atoms with van der Waals surface area (Å²) in [5.41, 5.74) is 0. The molecule has 0 radical (unpaired) electrons. The first-order valence-electron chi connectivity index (χ1n) is 4.69. The van der Waals surface area contributed by atoms with Gasteiger partial charge in [-0.15, -0.1) is 0 Å². The third kappa shape index (κ3) is 2.78. The Morgan fingerprint density at radius 2 is 2.13 bits per heavy atom. The minimum atomic E-state index is 0.194. The summed E-state index contributed by atoms with van der Waals surface area (Å²) in [4.78, 5) is 0. The first-order valence-corrected chi connectivity index (χ1v) is 6.23. The van der Waals surface area contributed by atoms with Gasteiger partial charge in [-0.2, -0.15) is 0 Å². The summed E-state index contributed by atoms with van der Waals surface area (Å²) in [5, 5.41) is 4.42. The molecule has 5 heteroatoms. The molecule has 1 aliphatic rings. The molecule has 2 rings (SSSR count). The van der Waals surface area contributed by atoms with Gasteiger partial charge in [-0.1, -0.05) is 23.2 Å². The molecule has 0 aromatic heterocycles. The SMILES string of the molecule is Clc1cc(OC2CCNC2)c(Cl)cc1Br. The van der Waals surface area contributed by atoms with Crippen molar-refractivity contribution in [1.82, 2.24) is 5.32 Å². The molecular weight excluding hydrogens is 301 g/mol. The first kappa shape index (κ1) is 11.5. The van der Waals surface area contributed by atoms with Crippen LogP contribution in [0, 0.1) is 0 Å². The molecule has 1 heterocycles. The Hall–Kier alpha value is 0.0400. The molecule has 2 nitrogen and oxygen atoms in total. The summed E-state index contributed by atoms with van der Waals surface area (Å²) in [6.07, 6.45) is 1.20. The van der Waals surface area contributed by atoms with Crippen molar-refractivity contribution in [2.24, 2.45) is 0 Å². The van der Waals surface area contributed by atoms with E-state index in [2.05, 4.69) is 21.2 Å². The molecule has 1 atom stereocenters. The maximum atomic E-state index is 6.05. The summed E-state index contributed by atoms with van der Waals surface area (Å²) in [5.74, 6) is 0.651. The molecular formula is C10H10BrCl2NO. The molecule has 82 valence electrons. The standard InChI is InChI=1S/C10H10BrCl2NO/c11-7-3-9(13)10(4-8(7)12)15-6-1-2-14-5-6/h3-4,6,14H,1-2,5H2. The van der Waals surface area contributed by atoms with Crippen molar-refractivity contribution in [1.29, 1.82) is 0 Å². The van der Waals surface area contributed by atoms with Crippen molar-refractivity contribution in [3.05, 3.63) is 26.7 Å². The van der Waals surface area contributed by atoms with Gasteiger partial charge in [0, 0.05) is 17.1 Å². The van der Waals surface area contributed by atoms with Crippen LogP contribution in [0.4, 0.5) is 0 Å². The molecule has 0 bridgehead atoms. The van der Waals surface area contributed by atoms with E-state index in [9.17, 15) is 0 Å². The number of ether oxygens (including phenoxy) is 1. The van der Waals surface area contributed by atoms with Gasteiger partial charge in [-0.25, -0.2) is 0 Å². The van der Waals surface area contributed by atoms with Crippen molar-refractivity contribution in [2.45, 2.75) is 12.5 Å². The van der Waals surface area contributed by atoms with Gasteiger partial charge in [0.1, 0.15) is 11.9 Å². The van der Waals surface area contributed by atoms with Crippen LogP contribution in [0.2, 0.25) is 10.0 Å². The molecule has 1 fully saturated rings. The average Bonchev–Trinajstić information content (AvgIpc) is 2.67. The molecule has 1 saturated heterocycles. The van der Waals surface area contributed by atoms with Gasteiger partial charge in [0.15, 0.2) is 0 Å². The minimum Gasteiger partial charge on any atom is -0.487 e. The fourth-order valence-corrected chi connectivity index (χ4v) is 2.34. The number of benzene rings is 1. The highest BCUT2D eigenvalue weighted by atomic mass is 79.9. The lowest BCUT2D eigenvalue weighted by atomic mass is 10.3. The molecule has 0 amide bonds. The van der Waals surface area contributed by atoms with E-state index >= 15 is 0 Å². The Bertz CT molecular complexity index is 367. The number of hydrogen-bond acceptors (Lipinski definition) is 2. The molecule has 1 aromatic rings. The highest BCUT2D eigenvalue weighted by Crippen LogP contribution is 2.34. The van der Waals surface area contributed by atoms with Crippen molar-refractivity contribution >= 4 is 39.1 Å². The maximum Gasteiger partial charge on any atom is 0.139 e. The second-order valence-corrected chi connectivity index (χ2v) is 5.10. The van der Waals surface area contributed by atoms with E-state index in [1.807, 2.05) is 0 Å². The van der Waals surface area contributed by atoms with Gasteiger partial charge in [-0.05, 0) is 35.0 Å². The number of nitrogens with one attached hydrogen (secondary N) is 1. The number of rotatable bonds is 2. The van der Waals surface area contributed by atoms with Crippen molar-refractivity contribution in [2.75, 3.05) is 13.1 Å². The molecule has 1 unspecified atom stereocenters. The van der Waals surface area contributed by atoms with Crippen molar-refractivity contribution < 1.29 is 4.74 Å². The summed E-state index contributed by atoms with van der Waals surface area (Å²) in [7, 11) is 0. The van der Waals surface area contributed by atoms with E-state index < -0.39 is 0 Å². The predicted octanol–water partition coefficient (Wildman–Crippen LogP) is 3.50. The lowest BCUT2D eigenvalue weighted by molar-refractivity contribution is 0.223. The zero-order chi connectivity index (χ0) is 10.8. The van der Waals surface area contributed by atoms with Crippen LogP contribution in [-0.2, 0) is 0 Å². The van der Waals surface area contributed by atoms with Crippen LogP contribution in [0.5, 0.6) is 5.75 Å². The van der Waals surface area contributed by atoms with Gasteiger partial charge in [0.25, 0.3) is 0 Å². The Balaban J connectivity index is 2.16. The van der Waals surface area contributed by atoms with Gasteiger partial charge in [0.2, 0.25) is 0 Å². The quantitative estimate of drug-likeness (QED) is 0.844. The fourth-order valence-electron chi connectivity index (χ4n) is 1.50. The molecule has 0 saturated carbocycles. The Morgan fingerprint density at radius 1 is 1.33 bits per heavy atom. The van der Waals surface area contributed by atoms with Gasteiger partial charge < -0.3 is 10.1 Å². The molecule has 1 N–H and O–H groups in total. The van der Waals surface area contributed by atoms with Crippen LogP contribution in [0.25, 0.3) is 0 Å². The predicted molar refractivity (Wildman–Crippen MR) is 66.1 cm³/mol. The van der Waals surface area contributed by atoms with E-state index in [-0.39, 0.29) is 6.10 Å². The second kappa shape index (κ2) is 4.91. The van der Waals surface area contributed by atoms with E-state index in [1.54, 1.807) is 12.1 Å². The zero-order valence-electron chi connectivity index (χ0n) is 7.90. The highest BCUT2D eigenvalue weighted by Gasteiger charge is 2.17. The monoisotopic (exact) mass is 309 g/mol. The second-order valence-electron chi connectivity index (χ2n) is 3.43. The van der Waals surface area contributed by atoms with Crippen LogP contribution >= 0.6 is 39.1 Å². The molecule has 1 aromatic carbocycles. The van der Waals surface area contributed by atoms with E-state index in [4.69, 9.17) is 27.9 Å². The average molecular weight is 311 g/mol. The van der Waals surface area contributed by atoms with Crippen LogP contribution in [0.1, 0.15) is 6.42 Å². The topological polar surface area (TPSA) is 21.3 Å². The third-order valence-electron chi connectivity index (χ3n) is 2.28. The normalized spacial score (nSPS) is 20.6. The Kier molecular flexibility index (Phi) is 3.78. The number of hydrogen-bond donors (Lipinski definition) is 1. The van der Waals surface area contributed by atoms with E-state index in [0.29, 0.717) is 15.8 Å². The third-order valence-corrected chi connectivity index (χ3v) is 3.78. The minimum absolute atomic E-state index is 0.194. The summed E-state index contributed by atoms with van der Waals surface area (Å²) in [6.45, 7) is 1.86. The first-order chi connectivity index (χ1) is 7.16. The van der Waals surface area contributed by atoms with Crippen LogP contribution < -0.4 is 10.1 Å². The summed E-state index contributed by atoms with van der Waals surface area (Å²) >= 11 is 15.3. The maximum absolute atomic E-state index is 6.05. The lowest BCUT2D eigenvalue weighted by Gasteiger charge is -2.14. The highest BCUT2D eigenvalue weighted by molar-refractivity contribution is 9.10. The van der Waals surface area contributed by atoms with Crippen molar-refractivity contribution in [3.8, 4) is 5.75 Å². The van der Waals surface area contributed by atoms with Gasteiger partial charge in [0.05, 0.1) is 10.0 Å². The Labute approximate surface area is 107 Å². The van der Waals surface area contributed by atoms with E-state index in [1.165, 1.54) is 0 Å². The van der Waals surface area contributed by atoms with Gasteiger partial charge >= 0.3 is 0 Å². The van der Waals surface area contributed by atoms with Crippen molar-refractivity contribution in [3.63, 3.8) is 0 Å². The van der Waals surface area contributed by atoms with Crippen LogP contribution in [0.3, 0.4) is 0 Å². The van der Waals surface area contributed by atoms with Gasteiger partial charge in [-0.3, -0.25) is 0 Å². The Morgan fingerprint density at radius 3 is 2.80 bits per heavy atom. The summed E-state index contributed by atoms with van der Waals surface area (Å²) in [6, 6.07) is 3.49.